The predicted octanol–water partition coefficient (Wildman–Crippen LogP) is 0.0878. The van der Waals surface area contributed by atoms with Crippen molar-refractivity contribution >= 4 is 5.97 Å². The molecule has 0 aliphatic carbocycles. The van der Waals surface area contributed by atoms with Gasteiger partial charge in [-0.3, -0.25) is 4.79 Å². The number of rotatable bonds is 2. The fourth-order valence-corrected chi connectivity index (χ4v) is 1.38. The first-order valence-electron chi connectivity index (χ1n) is 4.08. The number of aliphatic hydroxyl groups is 1. The fraction of sp³-hybridized carbons (Fsp3) is 0.875. The first-order valence-corrected chi connectivity index (χ1v) is 4.08. The van der Waals surface area contributed by atoms with Gasteiger partial charge in [0, 0.05) is 13.3 Å². The molecular weight excluding hydrogens is 160 g/mol. The van der Waals surface area contributed by atoms with E-state index < -0.39 is 6.10 Å². The van der Waals surface area contributed by atoms with Crippen LogP contribution in [0.15, 0.2) is 0 Å². The maximum atomic E-state index is 10.6. The third kappa shape index (κ3) is 2.19. The molecule has 2 unspecified atom stereocenters. The van der Waals surface area contributed by atoms with E-state index in [0.29, 0.717) is 13.0 Å². The van der Waals surface area contributed by atoms with Gasteiger partial charge in [-0.1, -0.05) is 0 Å². The maximum absolute atomic E-state index is 10.6. The van der Waals surface area contributed by atoms with Gasteiger partial charge in [-0.15, -0.1) is 0 Å². The van der Waals surface area contributed by atoms with Crippen LogP contribution in [-0.4, -0.2) is 36.0 Å². The third-order valence-electron chi connectivity index (χ3n) is 1.87. The number of aliphatic hydroxyl groups excluding tert-OH is 1. The Bertz CT molecular complexity index is 166. The molecule has 1 heterocycles. The molecule has 12 heavy (non-hydrogen) atoms. The Kier molecular flexibility index (Phi) is 3.05. The summed E-state index contributed by atoms with van der Waals surface area (Å²) in [5.41, 5.74) is 0. The molecule has 3 atom stereocenters. The zero-order chi connectivity index (χ0) is 9.14. The van der Waals surface area contributed by atoms with Crippen LogP contribution < -0.4 is 0 Å². The highest BCUT2D eigenvalue weighted by molar-refractivity contribution is 5.66. The molecule has 0 spiro atoms. The molecule has 0 saturated carbocycles. The number of hydrogen-bond acceptors (Lipinski definition) is 4. The summed E-state index contributed by atoms with van der Waals surface area (Å²) in [7, 11) is 0. The summed E-state index contributed by atoms with van der Waals surface area (Å²) in [6, 6.07) is 0. The minimum atomic E-state index is -0.586. The number of hydrogen-bond donors (Lipinski definition) is 1. The first-order chi connectivity index (χ1) is 5.61. The smallest absolute Gasteiger partial charge is 0.302 e. The van der Waals surface area contributed by atoms with Crippen molar-refractivity contribution in [3.8, 4) is 0 Å². The van der Waals surface area contributed by atoms with Crippen molar-refractivity contribution < 1.29 is 19.4 Å². The van der Waals surface area contributed by atoms with Crippen LogP contribution in [0, 0.1) is 0 Å². The predicted molar refractivity (Wildman–Crippen MR) is 41.6 cm³/mol. The molecule has 0 aromatic carbocycles. The standard InChI is InChI=1S/C8H14O4/c1-5(9)8-7(3-4-11-8)12-6(2)10/h5,7-9H,3-4H2,1-2H3/t5-,7?,8?/m0/s1. The lowest BCUT2D eigenvalue weighted by Crippen LogP contribution is -2.35. The number of ether oxygens (including phenoxy) is 2. The molecule has 4 heteroatoms. The topological polar surface area (TPSA) is 55.8 Å². The van der Waals surface area contributed by atoms with Crippen molar-refractivity contribution in [1.29, 1.82) is 0 Å². The van der Waals surface area contributed by atoms with Crippen LogP contribution >= 0.6 is 0 Å². The minimum absolute atomic E-state index is 0.275. The molecule has 70 valence electrons. The molecule has 0 aromatic heterocycles. The van der Waals surface area contributed by atoms with Crippen LogP contribution in [0.5, 0.6) is 0 Å². The van der Waals surface area contributed by atoms with Crippen LogP contribution in [0.4, 0.5) is 0 Å². The summed E-state index contributed by atoms with van der Waals surface area (Å²) >= 11 is 0. The van der Waals surface area contributed by atoms with Crippen molar-refractivity contribution in [2.45, 2.75) is 38.6 Å². The highest BCUT2D eigenvalue weighted by Gasteiger charge is 2.34. The summed E-state index contributed by atoms with van der Waals surface area (Å²) in [6.07, 6.45) is -0.539. The minimum Gasteiger partial charge on any atom is -0.460 e. The van der Waals surface area contributed by atoms with E-state index in [1.54, 1.807) is 6.92 Å². The summed E-state index contributed by atoms with van der Waals surface area (Å²) in [5.74, 6) is -0.323. The van der Waals surface area contributed by atoms with Crippen LogP contribution in [0.1, 0.15) is 20.3 Å². The Morgan fingerprint density at radius 2 is 2.42 bits per heavy atom. The van der Waals surface area contributed by atoms with Crippen molar-refractivity contribution in [3.05, 3.63) is 0 Å². The van der Waals surface area contributed by atoms with Crippen molar-refractivity contribution in [1.82, 2.24) is 0 Å². The van der Waals surface area contributed by atoms with Gasteiger partial charge < -0.3 is 14.6 Å². The molecule has 1 saturated heterocycles. The molecule has 1 aliphatic rings. The largest absolute Gasteiger partial charge is 0.460 e. The van der Waals surface area contributed by atoms with Crippen molar-refractivity contribution in [3.63, 3.8) is 0 Å². The number of esters is 1. The highest BCUT2D eigenvalue weighted by atomic mass is 16.6. The van der Waals surface area contributed by atoms with Crippen LogP contribution in [0.2, 0.25) is 0 Å². The zero-order valence-corrected chi connectivity index (χ0v) is 7.32. The Labute approximate surface area is 71.5 Å². The molecule has 1 fully saturated rings. The zero-order valence-electron chi connectivity index (χ0n) is 7.32. The van der Waals surface area contributed by atoms with Gasteiger partial charge in [0.05, 0.1) is 12.7 Å². The van der Waals surface area contributed by atoms with E-state index in [1.165, 1.54) is 6.92 Å². The second kappa shape index (κ2) is 3.87. The normalized spacial score (nSPS) is 31.6. The maximum Gasteiger partial charge on any atom is 0.302 e. The lowest BCUT2D eigenvalue weighted by molar-refractivity contribution is -0.151. The summed E-state index contributed by atoms with van der Waals surface area (Å²) in [5, 5.41) is 9.22. The average Bonchev–Trinajstić information content (AvgIpc) is 2.33. The van der Waals surface area contributed by atoms with Gasteiger partial charge in [0.1, 0.15) is 12.2 Å². The molecule has 0 bridgehead atoms. The monoisotopic (exact) mass is 174 g/mol. The second-order valence-corrected chi connectivity index (χ2v) is 3.01. The first kappa shape index (κ1) is 9.48. The summed E-state index contributed by atoms with van der Waals surface area (Å²) < 4.78 is 10.2. The van der Waals surface area contributed by atoms with Gasteiger partial charge in [0.15, 0.2) is 0 Å². The number of carbonyl (C=O) groups is 1. The van der Waals surface area contributed by atoms with E-state index in [2.05, 4.69) is 0 Å². The molecule has 1 rings (SSSR count). The second-order valence-electron chi connectivity index (χ2n) is 3.01. The Morgan fingerprint density at radius 3 is 2.92 bits per heavy atom. The highest BCUT2D eigenvalue weighted by Crippen LogP contribution is 2.19. The summed E-state index contributed by atoms with van der Waals surface area (Å²) in [4.78, 5) is 10.6. The molecule has 0 amide bonds. The van der Waals surface area contributed by atoms with Crippen molar-refractivity contribution in [2.24, 2.45) is 0 Å². The van der Waals surface area contributed by atoms with Crippen LogP contribution in [-0.2, 0) is 14.3 Å². The quantitative estimate of drug-likeness (QED) is 0.603. The Morgan fingerprint density at radius 1 is 1.75 bits per heavy atom. The summed E-state index contributed by atoms with van der Waals surface area (Å²) in [6.45, 7) is 3.54. The van der Waals surface area contributed by atoms with Gasteiger partial charge in [-0.05, 0) is 6.92 Å². The lowest BCUT2D eigenvalue weighted by Gasteiger charge is -2.20. The Balaban J connectivity index is 2.46. The van der Waals surface area contributed by atoms with Gasteiger partial charge >= 0.3 is 5.97 Å². The molecule has 1 aliphatic heterocycles. The van der Waals surface area contributed by atoms with E-state index in [4.69, 9.17) is 9.47 Å². The van der Waals surface area contributed by atoms with Gasteiger partial charge in [-0.25, -0.2) is 0 Å². The molecule has 0 radical (unpaired) electrons. The molecular formula is C8H14O4. The van der Waals surface area contributed by atoms with Crippen LogP contribution in [0.25, 0.3) is 0 Å². The van der Waals surface area contributed by atoms with E-state index >= 15 is 0 Å². The molecule has 1 N–H and O–H groups in total. The van der Waals surface area contributed by atoms with Gasteiger partial charge in [-0.2, -0.15) is 0 Å². The van der Waals surface area contributed by atoms with E-state index in [1.807, 2.05) is 0 Å². The SMILES string of the molecule is CC(=O)OC1CCOC1[C@H](C)O. The van der Waals surface area contributed by atoms with E-state index in [-0.39, 0.29) is 18.2 Å². The number of carbonyl (C=O) groups excluding carboxylic acids is 1. The Hall–Kier alpha value is -0.610. The van der Waals surface area contributed by atoms with E-state index in [9.17, 15) is 9.90 Å². The van der Waals surface area contributed by atoms with Crippen molar-refractivity contribution in [2.75, 3.05) is 6.61 Å². The fourth-order valence-electron chi connectivity index (χ4n) is 1.38. The van der Waals surface area contributed by atoms with Gasteiger partial charge in [0.2, 0.25) is 0 Å². The molecule has 0 aromatic rings. The third-order valence-corrected chi connectivity index (χ3v) is 1.87. The van der Waals surface area contributed by atoms with Crippen LogP contribution in [0.3, 0.4) is 0 Å². The van der Waals surface area contributed by atoms with Gasteiger partial charge in [0.25, 0.3) is 0 Å². The lowest BCUT2D eigenvalue weighted by atomic mass is 10.1. The molecule has 4 nitrogen and oxygen atoms in total. The van der Waals surface area contributed by atoms with E-state index in [0.717, 1.165) is 0 Å². The average molecular weight is 174 g/mol.